The summed E-state index contributed by atoms with van der Waals surface area (Å²) in [5.41, 5.74) is 6.13. The molecule has 3 aromatic carbocycles. The van der Waals surface area contributed by atoms with Crippen molar-refractivity contribution in [2.45, 2.75) is 39.8 Å². The Hall–Kier alpha value is -4.57. The van der Waals surface area contributed by atoms with Gasteiger partial charge in [0.15, 0.2) is 0 Å². The first-order valence-corrected chi connectivity index (χ1v) is 13.8. The van der Waals surface area contributed by atoms with Gasteiger partial charge in [-0.25, -0.2) is 4.79 Å². The molecule has 2 aliphatic heterocycles. The number of nitrogens with one attached hydrogen (secondary N) is 1. The summed E-state index contributed by atoms with van der Waals surface area (Å²) in [6.45, 7) is 10.2. The van der Waals surface area contributed by atoms with Crippen LogP contribution < -0.4 is 19.5 Å². The molecule has 2 heterocycles. The van der Waals surface area contributed by atoms with Gasteiger partial charge in [-0.2, -0.15) is 0 Å². The molecule has 0 bridgehead atoms. The Labute approximate surface area is 245 Å². The number of non-ortho nitro benzene ring substituents is 1. The number of allylic oxidation sites excluding steroid dienone is 1. The predicted octanol–water partition coefficient (Wildman–Crippen LogP) is 6.60. The number of rotatable bonds is 7. The summed E-state index contributed by atoms with van der Waals surface area (Å²) >= 11 is 0. The largest absolute Gasteiger partial charge is 0.496 e. The summed E-state index contributed by atoms with van der Waals surface area (Å²) in [5, 5.41) is 15.0. The molecule has 0 aromatic heterocycles. The van der Waals surface area contributed by atoms with Crippen LogP contribution in [0.1, 0.15) is 37.5 Å². The lowest BCUT2D eigenvalue weighted by Crippen LogP contribution is -2.42. The molecule has 1 N–H and O–H groups in total. The number of benzene rings is 3. The first-order chi connectivity index (χ1) is 20.1. The van der Waals surface area contributed by atoms with Crippen molar-refractivity contribution in [1.82, 2.24) is 4.90 Å². The number of nitro benzene ring substituents is 1. The molecule has 2 aliphatic rings. The molecule has 5 rings (SSSR count). The standard InChI is InChI=1S/C32H35N3O7/c1-20-6-7-22(35(37)38)16-28(20)41-19-26-24(10-11-27-30(26)21(2)18-32(3,4)33-27)25-9-8-23(17-29(25)39-5)42-31(36)34-12-14-40-15-13-34/h6-11,16-18,33H,12-15,19H2,1-5H3. The maximum Gasteiger partial charge on any atom is 0.415 e. The minimum Gasteiger partial charge on any atom is -0.496 e. The van der Waals surface area contributed by atoms with Gasteiger partial charge >= 0.3 is 6.09 Å². The number of fused-ring (bicyclic) bond motifs is 1. The van der Waals surface area contributed by atoms with Crippen LogP contribution in [-0.4, -0.2) is 54.9 Å². The van der Waals surface area contributed by atoms with Crippen molar-refractivity contribution in [3.63, 3.8) is 0 Å². The molecule has 0 saturated carbocycles. The third kappa shape index (κ3) is 6.03. The molecule has 42 heavy (non-hydrogen) atoms. The van der Waals surface area contributed by atoms with Crippen molar-refractivity contribution in [3.05, 3.63) is 81.4 Å². The minimum absolute atomic E-state index is 0.0331. The second kappa shape index (κ2) is 11.7. The highest BCUT2D eigenvalue weighted by Gasteiger charge is 2.27. The topological polar surface area (TPSA) is 112 Å². The second-order valence-electron chi connectivity index (χ2n) is 11.0. The smallest absolute Gasteiger partial charge is 0.415 e. The van der Waals surface area contributed by atoms with Gasteiger partial charge in [0.1, 0.15) is 23.9 Å². The Morgan fingerprint density at radius 3 is 2.50 bits per heavy atom. The van der Waals surface area contributed by atoms with Crippen LogP contribution in [0, 0.1) is 17.0 Å². The highest BCUT2D eigenvalue weighted by atomic mass is 16.6. The van der Waals surface area contributed by atoms with E-state index in [2.05, 4.69) is 32.2 Å². The normalized spacial score (nSPS) is 15.6. The number of nitrogens with zero attached hydrogens (tertiary/aromatic N) is 2. The Balaban J connectivity index is 1.54. The molecule has 10 nitrogen and oxygen atoms in total. The first kappa shape index (κ1) is 28.9. The van der Waals surface area contributed by atoms with Gasteiger partial charge in [-0.1, -0.05) is 12.1 Å². The molecule has 3 aromatic rings. The van der Waals surface area contributed by atoms with E-state index in [-0.39, 0.29) is 17.8 Å². The molecule has 220 valence electrons. The Morgan fingerprint density at radius 1 is 1.05 bits per heavy atom. The quantitative estimate of drug-likeness (QED) is 0.249. The number of hydrogen-bond donors (Lipinski definition) is 1. The summed E-state index contributed by atoms with van der Waals surface area (Å²) in [5.74, 6) is 1.34. The molecule has 0 radical (unpaired) electrons. The molecule has 10 heteroatoms. The average molecular weight is 574 g/mol. The highest BCUT2D eigenvalue weighted by Crippen LogP contribution is 2.43. The number of aryl methyl sites for hydroxylation is 1. The monoisotopic (exact) mass is 573 g/mol. The van der Waals surface area contributed by atoms with Crippen molar-refractivity contribution in [3.8, 4) is 28.4 Å². The zero-order valence-corrected chi connectivity index (χ0v) is 24.5. The fourth-order valence-corrected chi connectivity index (χ4v) is 5.48. The molecule has 1 fully saturated rings. The summed E-state index contributed by atoms with van der Waals surface area (Å²) in [7, 11) is 1.57. The second-order valence-corrected chi connectivity index (χ2v) is 11.0. The van der Waals surface area contributed by atoms with E-state index < -0.39 is 11.0 Å². The average Bonchev–Trinajstić information content (AvgIpc) is 2.96. The van der Waals surface area contributed by atoms with Crippen LogP contribution in [0.4, 0.5) is 16.2 Å². The number of carbonyl (C=O) groups is 1. The van der Waals surface area contributed by atoms with E-state index in [0.717, 1.165) is 39.1 Å². The SMILES string of the molecule is COc1cc(OC(=O)N2CCOCC2)ccc1-c1ccc2c(c1COc1cc([N+](=O)[O-])ccc1C)C(C)=CC(C)(C)N2. The number of ether oxygens (including phenoxy) is 4. The molecule has 0 spiro atoms. The minimum atomic E-state index is -0.433. The Bertz CT molecular complexity index is 1560. The van der Waals surface area contributed by atoms with Crippen LogP contribution in [0.5, 0.6) is 17.2 Å². The number of morpholine rings is 1. The van der Waals surface area contributed by atoms with E-state index in [1.54, 1.807) is 30.2 Å². The van der Waals surface area contributed by atoms with E-state index in [4.69, 9.17) is 18.9 Å². The van der Waals surface area contributed by atoms with Crippen LogP contribution in [0.3, 0.4) is 0 Å². The molecule has 1 saturated heterocycles. The molecular formula is C32H35N3O7. The van der Waals surface area contributed by atoms with Crippen LogP contribution in [0.2, 0.25) is 0 Å². The Kier molecular flexibility index (Phi) is 8.08. The number of carbonyl (C=O) groups excluding carboxylic acids is 1. The van der Waals surface area contributed by atoms with Crippen molar-refractivity contribution in [2.75, 3.05) is 38.7 Å². The van der Waals surface area contributed by atoms with Crippen LogP contribution in [-0.2, 0) is 11.3 Å². The van der Waals surface area contributed by atoms with Crippen LogP contribution in [0.25, 0.3) is 16.7 Å². The number of hydrogen-bond acceptors (Lipinski definition) is 8. The third-order valence-electron chi connectivity index (χ3n) is 7.43. The maximum atomic E-state index is 12.7. The molecule has 0 unspecified atom stereocenters. The maximum absolute atomic E-state index is 12.7. The third-order valence-corrected chi connectivity index (χ3v) is 7.43. The van der Waals surface area contributed by atoms with E-state index in [0.29, 0.717) is 43.6 Å². The summed E-state index contributed by atoms with van der Waals surface area (Å²) < 4.78 is 23.0. The van der Waals surface area contributed by atoms with E-state index in [1.807, 2.05) is 25.1 Å². The fourth-order valence-electron chi connectivity index (χ4n) is 5.48. The molecular weight excluding hydrogens is 538 g/mol. The van der Waals surface area contributed by atoms with Crippen molar-refractivity contribution < 1.29 is 28.7 Å². The first-order valence-electron chi connectivity index (χ1n) is 13.8. The molecule has 1 amide bonds. The van der Waals surface area contributed by atoms with Gasteiger partial charge in [-0.05, 0) is 68.7 Å². The summed E-state index contributed by atoms with van der Waals surface area (Å²) in [6, 6.07) is 14.0. The van der Waals surface area contributed by atoms with Gasteiger partial charge < -0.3 is 29.2 Å². The highest BCUT2D eigenvalue weighted by molar-refractivity contribution is 5.88. The van der Waals surface area contributed by atoms with Gasteiger partial charge in [-0.15, -0.1) is 0 Å². The van der Waals surface area contributed by atoms with Gasteiger partial charge in [0, 0.05) is 47.6 Å². The molecule has 0 atom stereocenters. The Morgan fingerprint density at radius 2 is 1.79 bits per heavy atom. The number of nitro groups is 1. The van der Waals surface area contributed by atoms with Gasteiger partial charge in [0.2, 0.25) is 0 Å². The predicted molar refractivity (Wildman–Crippen MR) is 160 cm³/mol. The molecule has 0 aliphatic carbocycles. The zero-order chi connectivity index (χ0) is 30.0. The number of anilines is 1. The van der Waals surface area contributed by atoms with Crippen molar-refractivity contribution >= 4 is 23.0 Å². The van der Waals surface area contributed by atoms with Crippen molar-refractivity contribution in [2.24, 2.45) is 0 Å². The number of amides is 1. The van der Waals surface area contributed by atoms with E-state index in [9.17, 15) is 14.9 Å². The van der Waals surface area contributed by atoms with Gasteiger partial charge in [-0.3, -0.25) is 10.1 Å². The van der Waals surface area contributed by atoms with Gasteiger partial charge in [0.25, 0.3) is 5.69 Å². The van der Waals surface area contributed by atoms with Crippen LogP contribution in [0.15, 0.2) is 54.6 Å². The lowest BCUT2D eigenvalue weighted by molar-refractivity contribution is -0.385. The lowest BCUT2D eigenvalue weighted by atomic mass is 9.85. The lowest BCUT2D eigenvalue weighted by Gasteiger charge is -2.33. The van der Waals surface area contributed by atoms with Crippen LogP contribution >= 0.6 is 0 Å². The van der Waals surface area contributed by atoms with E-state index in [1.165, 1.54) is 12.1 Å². The number of methoxy groups -OCH3 is 1. The van der Waals surface area contributed by atoms with E-state index >= 15 is 0 Å². The zero-order valence-electron chi connectivity index (χ0n) is 24.5. The summed E-state index contributed by atoms with van der Waals surface area (Å²) in [6.07, 6.45) is 1.74. The van der Waals surface area contributed by atoms with Gasteiger partial charge in [0.05, 0.1) is 36.9 Å². The van der Waals surface area contributed by atoms with Crippen molar-refractivity contribution in [1.29, 1.82) is 0 Å². The fraction of sp³-hybridized carbons (Fsp3) is 0.344. The summed E-state index contributed by atoms with van der Waals surface area (Å²) in [4.78, 5) is 25.3.